The van der Waals surface area contributed by atoms with E-state index in [0.717, 1.165) is 5.56 Å². The summed E-state index contributed by atoms with van der Waals surface area (Å²) in [7, 11) is -1.62. The minimum atomic E-state index is -3.22. The first-order valence-corrected chi connectivity index (χ1v) is 6.79. The number of nitrogens with one attached hydrogen (secondary N) is 1. The fraction of sp³-hybridized carbons (Fsp3) is 0.455. The van der Waals surface area contributed by atoms with Crippen LogP contribution in [0.25, 0.3) is 0 Å². The Morgan fingerprint density at radius 1 is 1.25 bits per heavy atom. The molecular formula is C11H17NO3S. The van der Waals surface area contributed by atoms with Gasteiger partial charge >= 0.3 is 0 Å². The van der Waals surface area contributed by atoms with Crippen LogP contribution in [0.4, 0.5) is 0 Å². The van der Waals surface area contributed by atoms with Gasteiger partial charge in [-0.25, -0.2) is 13.1 Å². The van der Waals surface area contributed by atoms with E-state index in [-0.39, 0.29) is 5.75 Å². The highest BCUT2D eigenvalue weighted by Crippen LogP contribution is 2.03. The second-order valence-corrected chi connectivity index (χ2v) is 5.29. The van der Waals surface area contributed by atoms with Gasteiger partial charge < -0.3 is 4.74 Å². The van der Waals surface area contributed by atoms with Crippen LogP contribution in [0.15, 0.2) is 30.3 Å². The Morgan fingerprint density at radius 2 is 1.94 bits per heavy atom. The van der Waals surface area contributed by atoms with Crippen LogP contribution in [0.1, 0.15) is 12.0 Å². The summed E-state index contributed by atoms with van der Waals surface area (Å²) in [5.74, 6) is 0.0286. The molecule has 0 heterocycles. The average Bonchev–Trinajstić information content (AvgIpc) is 2.25. The highest BCUT2D eigenvalue weighted by molar-refractivity contribution is 7.88. The summed E-state index contributed by atoms with van der Waals surface area (Å²) < 4.78 is 30.6. The molecule has 0 unspecified atom stereocenters. The van der Waals surface area contributed by atoms with Crippen molar-refractivity contribution in [2.24, 2.45) is 0 Å². The third-order valence-electron chi connectivity index (χ3n) is 2.05. The van der Waals surface area contributed by atoms with Gasteiger partial charge in [0, 0.05) is 20.3 Å². The summed E-state index contributed by atoms with van der Waals surface area (Å²) in [6.07, 6.45) is 0.685. The average molecular weight is 243 g/mol. The third-order valence-corrected chi connectivity index (χ3v) is 3.40. The second-order valence-electron chi connectivity index (χ2n) is 3.49. The van der Waals surface area contributed by atoms with E-state index in [1.165, 1.54) is 0 Å². The van der Waals surface area contributed by atoms with Gasteiger partial charge in [0.2, 0.25) is 10.0 Å². The van der Waals surface area contributed by atoms with Crippen molar-refractivity contribution in [3.05, 3.63) is 35.9 Å². The summed E-state index contributed by atoms with van der Waals surface area (Å²) in [6, 6.07) is 9.12. The molecule has 0 saturated heterocycles. The summed E-state index contributed by atoms with van der Waals surface area (Å²) in [6.45, 7) is 0.983. The molecule has 0 radical (unpaired) electrons. The van der Waals surface area contributed by atoms with Crippen LogP contribution in [0.3, 0.4) is 0 Å². The number of rotatable bonds is 7. The van der Waals surface area contributed by atoms with Gasteiger partial charge in [0.1, 0.15) is 0 Å². The summed E-state index contributed by atoms with van der Waals surface area (Å²) in [4.78, 5) is 0. The van der Waals surface area contributed by atoms with Gasteiger partial charge in [-0.2, -0.15) is 0 Å². The van der Waals surface area contributed by atoms with E-state index in [0.29, 0.717) is 19.6 Å². The topological polar surface area (TPSA) is 55.4 Å². The van der Waals surface area contributed by atoms with Crippen molar-refractivity contribution in [1.29, 1.82) is 0 Å². The quantitative estimate of drug-likeness (QED) is 0.731. The van der Waals surface area contributed by atoms with Gasteiger partial charge in [0.15, 0.2) is 0 Å². The zero-order valence-electron chi connectivity index (χ0n) is 9.35. The molecule has 0 saturated carbocycles. The number of hydrogen-bond donors (Lipinski definition) is 1. The normalized spacial score (nSPS) is 11.6. The summed E-state index contributed by atoms with van der Waals surface area (Å²) >= 11 is 0. The highest BCUT2D eigenvalue weighted by Gasteiger charge is 2.09. The van der Waals surface area contributed by atoms with Crippen LogP contribution >= 0.6 is 0 Å². The fourth-order valence-electron chi connectivity index (χ4n) is 1.29. The zero-order chi connectivity index (χ0) is 11.9. The molecular weight excluding hydrogens is 226 g/mol. The molecule has 16 heavy (non-hydrogen) atoms. The predicted octanol–water partition coefficient (Wildman–Crippen LogP) is 1.14. The first-order chi connectivity index (χ1) is 7.64. The van der Waals surface area contributed by atoms with Crippen molar-refractivity contribution in [2.45, 2.75) is 12.2 Å². The van der Waals surface area contributed by atoms with Gasteiger partial charge in [-0.05, 0) is 12.0 Å². The number of sulfonamides is 1. The van der Waals surface area contributed by atoms with E-state index < -0.39 is 10.0 Å². The molecule has 1 aromatic carbocycles. The molecule has 0 aliphatic heterocycles. The standard InChI is InChI=1S/C11H17NO3S/c1-15-9-5-8-12-16(13,14)10-11-6-3-2-4-7-11/h2-4,6-7,12H,5,8-10H2,1H3. The van der Waals surface area contributed by atoms with Crippen LogP contribution < -0.4 is 4.72 Å². The van der Waals surface area contributed by atoms with Crippen molar-refractivity contribution in [1.82, 2.24) is 4.72 Å². The van der Waals surface area contributed by atoms with Gasteiger partial charge in [-0.1, -0.05) is 30.3 Å². The minimum Gasteiger partial charge on any atom is -0.385 e. The van der Waals surface area contributed by atoms with Crippen LogP contribution in [0, 0.1) is 0 Å². The molecule has 0 bridgehead atoms. The lowest BCUT2D eigenvalue weighted by Crippen LogP contribution is -2.26. The van der Waals surface area contributed by atoms with E-state index in [9.17, 15) is 8.42 Å². The van der Waals surface area contributed by atoms with E-state index in [1.807, 2.05) is 18.2 Å². The van der Waals surface area contributed by atoms with Gasteiger partial charge in [-0.15, -0.1) is 0 Å². The molecule has 0 aliphatic rings. The Bertz CT molecular complexity index is 389. The molecule has 0 aromatic heterocycles. The molecule has 0 aliphatic carbocycles. The number of ether oxygens (including phenoxy) is 1. The maximum atomic E-state index is 11.6. The van der Waals surface area contributed by atoms with E-state index >= 15 is 0 Å². The molecule has 90 valence electrons. The SMILES string of the molecule is COCCCNS(=O)(=O)Cc1ccccc1. The molecule has 1 rings (SSSR count). The Morgan fingerprint density at radius 3 is 2.56 bits per heavy atom. The predicted molar refractivity (Wildman–Crippen MR) is 63.6 cm³/mol. The summed E-state index contributed by atoms with van der Waals surface area (Å²) in [5.41, 5.74) is 0.793. The molecule has 1 aromatic rings. The van der Waals surface area contributed by atoms with Crippen molar-refractivity contribution in [3.8, 4) is 0 Å². The van der Waals surface area contributed by atoms with Crippen molar-refractivity contribution >= 4 is 10.0 Å². The zero-order valence-corrected chi connectivity index (χ0v) is 10.2. The third kappa shape index (κ3) is 5.25. The van der Waals surface area contributed by atoms with Gasteiger partial charge in [0.25, 0.3) is 0 Å². The van der Waals surface area contributed by atoms with Crippen LogP contribution in [0.2, 0.25) is 0 Å². The number of benzene rings is 1. The monoisotopic (exact) mass is 243 g/mol. The second kappa shape index (κ2) is 6.62. The lowest BCUT2D eigenvalue weighted by molar-refractivity contribution is 0.196. The smallest absolute Gasteiger partial charge is 0.215 e. The largest absolute Gasteiger partial charge is 0.385 e. The van der Waals surface area contributed by atoms with E-state index in [1.54, 1.807) is 19.2 Å². The fourth-order valence-corrected chi connectivity index (χ4v) is 2.48. The van der Waals surface area contributed by atoms with Crippen LogP contribution in [-0.2, 0) is 20.5 Å². The molecule has 0 amide bonds. The van der Waals surface area contributed by atoms with E-state index in [2.05, 4.69) is 4.72 Å². The molecule has 0 fully saturated rings. The van der Waals surface area contributed by atoms with Crippen molar-refractivity contribution in [3.63, 3.8) is 0 Å². The number of hydrogen-bond acceptors (Lipinski definition) is 3. The van der Waals surface area contributed by atoms with Crippen molar-refractivity contribution < 1.29 is 13.2 Å². The molecule has 0 atom stereocenters. The Balaban J connectivity index is 2.40. The van der Waals surface area contributed by atoms with Crippen molar-refractivity contribution in [2.75, 3.05) is 20.3 Å². The number of methoxy groups -OCH3 is 1. The van der Waals surface area contributed by atoms with Crippen LogP contribution in [-0.4, -0.2) is 28.7 Å². The molecule has 0 spiro atoms. The first-order valence-electron chi connectivity index (χ1n) is 5.14. The molecule has 5 heteroatoms. The minimum absolute atomic E-state index is 0.0286. The van der Waals surface area contributed by atoms with Crippen LogP contribution in [0.5, 0.6) is 0 Å². The molecule has 4 nitrogen and oxygen atoms in total. The lowest BCUT2D eigenvalue weighted by Gasteiger charge is -2.06. The Kier molecular flexibility index (Phi) is 5.45. The van der Waals surface area contributed by atoms with E-state index in [4.69, 9.17) is 4.74 Å². The Hall–Kier alpha value is -0.910. The van der Waals surface area contributed by atoms with Gasteiger partial charge in [0.05, 0.1) is 5.75 Å². The summed E-state index contributed by atoms with van der Waals surface area (Å²) in [5, 5.41) is 0. The first kappa shape index (κ1) is 13.2. The maximum absolute atomic E-state index is 11.6. The maximum Gasteiger partial charge on any atom is 0.215 e. The Labute approximate surface area is 96.7 Å². The lowest BCUT2D eigenvalue weighted by atomic mass is 10.2. The molecule has 1 N–H and O–H groups in total. The highest BCUT2D eigenvalue weighted by atomic mass is 32.2. The van der Waals surface area contributed by atoms with Gasteiger partial charge in [-0.3, -0.25) is 0 Å².